The Labute approximate surface area is 166 Å². The molecule has 0 bridgehead atoms. The quantitative estimate of drug-likeness (QED) is 0.384. The van der Waals surface area contributed by atoms with Crippen molar-refractivity contribution in [2.45, 2.75) is 13.8 Å². The summed E-state index contributed by atoms with van der Waals surface area (Å²) in [5.41, 5.74) is 5.21. The zero-order valence-electron chi connectivity index (χ0n) is 15.1. The predicted molar refractivity (Wildman–Crippen MR) is 109 cm³/mol. The number of benzene rings is 2. The minimum Gasteiger partial charge on any atom is -0.493 e. The number of nitrogens with zero attached hydrogens (tertiary/aromatic N) is 1. The van der Waals surface area contributed by atoms with E-state index in [1.54, 1.807) is 26.5 Å². The van der Waals surface area contributed by atoms with Crippen molar-refractivity contribution in [3.63, 3.8) is 0 Å². The Kier molecular flexibility index (Phi) is 7.26. The lowest BCUT2D eigenvalue weighted by molar-refractivity contribution is -0.123. The zero-order chi connectivity index (χ0) is 19.1. The number of hydrogen-bond donors (Lipinski definition) is 1. The Morgan fingerprint density at radius 1 is 1.15 bits per heavy atom. The molecule has 2 rings (SSSR count). The first-order valence-corrected chi connectivity index (χ1v) is 8.96. The van der Waals surface area contributed by atoms with Gasteiger partial charge in [0, 0.05) is 0 Å². The Morgan fingerprint density at radius 2 is 1.85 bits per heavy atom. The highest BCUT2D eigenvalue weighted by Crippen LogP contribution is 2.33. The summed E-state index contributed by atoms with van der Waals surface area (Å²) in [5, 5.41) is 3.97. The van der Waals surface area contributed by atoms with E-state index in [9.17, 15) is 4.79 Å². The van der Waals surface area contributed by atoms with Gasteiger partial charge in [-0.3, -0.25) is 4.79 Å². The zero-order valence-corrected chi connectivity index (χ0v) is 17.3. The van der Waals surface area contributed by atoms with Crippen LogP contribution >= 0.6 is 22.6 Å². The fraction of sp³-hybridized carbons (Fsp3) is 0.263. The van der Waals surface area contributed by atoms with E-state index in [4.69, 9.17) is 14.2 Å². The van der Waals surface area contributed by atoms with Gasteiger partial charge in [-0.05, 0) is 65.3 Å². The first-order chi connectivity index (χ1) is 12.5. The van der Waals surface area contributed by atoms with Crippen molar-refractivity contribution < 1.29 is 19.0 Å². The van der Waals surface area contributed by atoms with Gasteiger partial charge in [0.05, 0.1) is 24.0 Å². The van der Waals surface area contributed by atoms with Crippen LogP contribution in [0.25, 0.3) is 0 Å². The summed E-state index contributed by atoms with van der Waals surface area (Å²) in [4.78, 5) is 11.9. The molecule has 0 aliphatic rings. The second-order valence-electron chi connectivity index (χ2n) is 5.54. The number of para-hydroxylation sites is 1. The first kappa shape index (κ1) is 20.0. The van der Waals surface area contributed by atoms with Crippen LogP contribution in [-0.4, -0.2) is 32.9 Å². The van der Waals surface area contributed by atoms with Crippen molar-refractivity contribution in [1.29, 1.82) is 0 Å². The van der Waals surface area contributed by atoms with Crippen LogP contribution in [0.1, 0.15) is 16.7 Å². The molecule has 6 nitrogen and oxygen atoms in total. The number of carbonyl (C=O) groups is 1. The Balaban J connectivity index is 1.96. The van der Waals surface area contributed by atoms with Crippen LogP contribution in [0.5, 0.6) is 17.2 Å². The Bertz CT molecular complexity index is 801. The molecule has 0 fully saturated rings. The molecule has 2 aromatic carbocycles. The maximum atomic E-state index is 11.9. The predicted octanol–water partition coefficient (Wildman–Crippen LogP) is 3.45. The first-order valence-electron chi connectivity index (χ1n) is 7.88. The molecule has 0 saturated heterocycles. The van der Waals surface area contributed by atoms with Gasteiger partial charge >= 0.3 is 0 Å². The van der Waals surface area contributed by atoms with Crippen LogP contribution < -0.4 is 19.6 Å². The minimum atomic E-state index is -0.334. The number of halogens is 1. The number of nitrogens with one attached hydrogen (secondary N) is 1. The highest BCUT2D eigenvalue weighted by atomic mass is 127. The number of ether oxygens (including phenoxy) is 3. The van der Waals surface area contributed by atoms with Gasteiger partial charge in [-0.1, -0.05) is 18.2 Å². The maximum absolute atomic E-state index is 11.9. The molecule has 1 amide bonds. The Hall–Kier alpha value is -2.29. The van der Waals surface area contributed by atoms with Crippen LogP contribution in [0, 0.1) is 17.4 Å². The van der Waals surface area contributed by atoms with Crippen LogP contribution in [0.4, 0.5) is 0 Å². The lowest BCUT2D eigenvalue weighted by Crippen LogP contribution is -2.25. The smallest absolute Gasteiger partial charge is 0.277 e. The fourth-order valence-electron chi connectivity index (χ4n) is 2.39. The van der Waals surface area contributed by atoms with Crippen LogP contribution in [-0.2, 0) is 4.79 Å². The summed E-state index contributed by atoms with van der Waals surface area (Å²) >= 11 is 2.15. The summed E-state index contributed by atoms with van der Waals surface area (Å²) < 4.78 is 17.1. The Morgan fingerprint density at radius 3 is 2.46 bits per heavy atom. The average Bonchev–Trinajstić information content (AvgIpc) is 2.60. The molecule has 0 aliphatic heterocycles. The molecule has 0 radical (unpaired) electrons. The number of methoxy groups -OCH3 is 2. The highest BCUT2D eigenvalue weighted by molar-refractivity contribution is 14.1. The van der Waals surface area contributed by atoms with Gasteiger partial charge in [0.25, 0.3) is 5.91 Å². The molecule has 0 heterocycles. The molecule has 0 atom stereocenters. The van der Waals surface area contributed by atoms with Crippen LogP contribution in [0.3, 0.4) is 0 Å². The third kappa shape index (κ3) is 5.10. The molecule has 138 valence electrons. The summed E-state index contributed by atoms with van der Waals surface area (Å²) in [5.74, 6) is 1.65. The SMILES string of the molecule is COc1cc(/C=N\NC(=O)COc2c(C)cccc2C)cc(I)c1OC. The molecule has 0 aliphatic carbocycles. The van der Waals surface area contributed by atoms with Gasteiger partial charge in [-0.2, -0.15) is 5.10 Å². The van der Waals surface area contributed by atoms with E-state index < -0.39 is 0 Å². The van der Waals surface area contributed by atoms with E-state index in [1.165, 1.54) is 0 Å². The number of amides is 1. The van der Waals surface area contributed by atoms with E-state index in [-0.39, 0.29) is 12.5 Å². The van der Waals surface area contributed by atoms with Crippen molar-refractivity contribution in [3.05, 3.63) is 50.6 Å². The summed E-state index contributed by atoms with van der Waals surface area (Å²) in [6, 6.07) is 9.50. The van der Waals surface area contributed by atoms with Gasteiger partial charge in [0.2, 0.25) is 0 Å². The largest absolute Gasteiger partial charge is 0.493 e. The second kappa shape index (κ2) is 9.42. The van der Waals surface area contributed by atoms with Crippen molar-refractivity contribution >= 4 is 34.7 Å². The standard InChI is InChI=1S/C19H21IN2O4/c1-12-6-5-7-13(2)18(12)26-11-17(23)22-21-10-14-8-15(20)19(25-4)16(9-14)24-3/h5-10H,11H2,1-4H3,(H,22,23)/b21-10-. The minimum absolute atomic E-state index is 0.105. The number of rotatable bonds is 7. The van der Waals surface area contributed by atoms with Crippen LogP contribution in [0.15, 0.2) is 35.4 Å². The van der Waals surface area contributed by atoms with E-state index in [0.29, 0.717) is 11.5 Å². The lowest BCUT2D eigenvalue weighted by atomic mass is 10.1. The van der Waals surface area contributed by atoms with Crippen molar-refractivity contribution in [2.24, 2.45) is 5.10 Å². The molecule has 0 unspecified atom stereocenters. The third-order valence-electron chi connectivity index (χ3n) is 3.62. The van der Waals surface area contributed by atoms with E-state index in [0.717, 1.165) is 26.0 Å². The molecule has 0 aromatic heterocycles. The maximum Gasteiger partial charge on any atom is 0.277 e. The van der Waals surface area contributed by atoms with Crippen molar-refractivity contribution in [2.75, 3.05) is 20.8 Å². The lowest BCUT2D eigenvalue weighted by Gasteiger charge is -2.11. The molecule has 0 spiro atoms. The van der Waals surface area contributed by atoms with Gasteiger partial charge in [-0.25, -0.2) is 5.43 Å². The normalized spacial score (nSPS) is 10.7. The van der Waals surface area contributed by atoms with E-state index in [2.05, 4.69) is 33.1 Å². The number of carbonyl (C=O) groups excluding carboxylic acids is 1. The van der Waals surface area contributed by atoms with Gasteiger partial charge in [-0.15, -0.1) is 0 Å². The van der Waals surface area contributed by atoms with Gasteiger partial charge < -0.3 is 14.2 Å². The second-order valence-corrected chi connectivity index (χ2v) is 6.70. The van der Waals surface area contributed by atoms with E-state index in [1.807, 2.05) is 38.1 Å². The molecular formula is C19H21IN2O4. The summed E-state index contributed by atoms with van der Waals surface area (Å²) in [7, 11) is 3.16. The number of aryl methyl sites for hydroxylation is 2. The van der Waals surface area contributed by atoms with Gasteiger partial charge in [0.15, 0.2) is 18.1 Å². The highest BCUT2D eigenvalue weighted by Gasteiger charge is 2.10. The molecule has 7 heteroatoms. The monoisotopic (exact) mass is 468 g/mol. The fourth-order valence-corrected chi connectivity index (χ4v) is 3.23. The van der Waals surface area contributed by atoms with Crippen molar-refractivity contribution in [1.82, 2.24) is 5.43 Å². The van der Waals surface area contributed by atoms with Crippen LogP contribution in [0.2, 0.25) is 0 Å². The summed E-state index contributed by atoms with van der Waals surface area (Å²) in [6.45, 7) is 3.78. The topological polar surface area (TPSA) is 69.2 Å². The van der Waals surface area contributed by atoms with Crippen molar-refractivity contribution in [3.8, 4) is 17.2 Å². The van der Waals surface area contributed by atoms with E-state index >= 15 is 0 Å². The number of hydrazone groups is 1. The molecule has 26 heavy (non-hydrogen) atoms. The average molecular weight is 468 g/mol. The third-order valence-corrected chi connectivity index (χ3v) is 4.42. The molecule has 1 N–H and O–H groups in total. The molecule has 2 aromatic rings. The number of hydrogen-bond acceptors (Lipinski definition) is 5. The van der Waals surface area contributed by atoms with Gasteiger partial charge in [0.1, 0.15) is 5.75 Å². The molecular weight excluding hydrogens is 447 g/mol. The summed E-state index contributed by atoms with van der Waals surface area (Å²) in [6.07, 6.45) is 1.54. The molecule has 0 saturated carbocycles.